The van der Waals surface area contributed by atoms with Crippen LogP contribution < -0.4 is 4.80 Å². The third kappa shape index (κ3) is 2.53. The van der Waals surface area contributed by atoms with Gasteiger partial charge in [0.2, 0.25) is 0 Å². The Morgan fingerprint density at radius 2 is 1.92 bits per heavy atom. The van der Waals surface area contributed by atoms with Crippen LogP contribution in [0.15, 0.2) is 59.6 Å². The summed E-state index contributed by atoms with van der Waals surface area (Å²) in [6.07, 6.45) is 0. The minimum atomic E-state index is -0.248. The van der Waals surface area contributed by atoms with Crippen LogP contribution in [0, 0.1) is 6.92 Å². The van der Waals surface area contributed by atoms with Gasteiger partial charge in [-0.15, -0.1) is 0 Å². The Kier molecular flexibility index (Phi) is 3.50. The summed E-state index contributed by atoms with van der Waals surface area (Å²) in [6.45, 7) is 1.94. The lowest BCUT2D eigenvalue weighted by Crippen LogP contribution is -2.13. The molecule has 0 atom stereocenters. The third-order valence-electron chi connectivity index (χ3n) is 3.99. The van der Waals surface area contributed by atoms with E-state index in [2.05, 4.69) is 9.98 Å². The molecule has 0 aliphatic rings. The highest BCUT2D eigenvalue weighted by Gasteiger charge is 2.08. The van der Waals surface area contributed by atoms with Crippen molar-refractivity contribution in [2.75, 3.05) is 0 Å². The topological polar surface area (TPSA) is 47.2 Å². The van der Waals surface area contributed by atoms with Gasteiger partial charge in [-0.05, 0) is 37.3 Å². The van der Waals surface area contributed by atoms with Gasteiger partial charge in [0.1, 0.15) is 0 Å². The van der Waals surface area contributed by atoms with Crippen LogP contribution in [0.2, 0.25) is 0 Å². The fourth-order valence-electron chi connectivity index (χ4n) is 2.69. The summed E-state index contributed by atoms with van der Waals surface area (Å²) in [4.78, 5) is 22.1. The van der Waals surface area contributed by atoms with Gasteiger partial charge in [-0.1, -0.05) is 35.6 Å². The minimum absolute atomic E-state index is 0.248. The first-order valence-electron chi connectivity index (χ1n) is 7.63. The number of pyridine rings is 1. The van der Waals surface area contributed by atoms with E-state index in [0.29, 0.717) is 10.4 Å². The van der Waals surface area contributed by atoms with E-state index in [-0.39, 0.29) is 5.91 Å². The van der Waals surface area contributed by atoms with Crippen molar-refractivity contribution in [3.8, 4) is 0 Å². The third-order valence-corrected chi connectivity index (χ3v) is 5.10. The summed E-state index contributed by atoms with van der Waals surface area (Å²) in [5.41, 5.74) is 3.37. The smallest absolute Gasteiger partial charge is 0.279 e. The first-order chi connectivity index (χ1) is 11.6. The number of amides is 1. The number of hydrogen-bond donors (Lipinski definition) is 0. The number of carbonyl (C=O) groups excluding carboxylic acids is 1. The summed E-state index contributed by atoms with van der Waals surface area (Å²) >= 11 is 1.51. The molecule has 0 aliphatic carbocycles. The van der Waals surface area contributed by atoms with Crippen molar-refractivity contribution in [2.24, 2.45) is 12.0 Å². The molecule has 4 aromatic rings. The van der Waals surface area contributed by atoms with E-state index >= 15 is 0 Å². The van der Waals surface area contributed by atoms with Crippen molar-refractivity contribution >= 4 is 38.4 Å². The van der Waals surface area contributed by atoms with E-state index in [1.54, 1.807) is 6.07 Å². The number of para-hydroxylation sites is 1. The van der Waals surface area contributed by atoms with Crippen molar-refractivity contribution in [2.45, 2.75) is 6.92 Å². The SMILES string of the molecule is Cc1ccc2ccc(C(=O)N=c3sc4ccccc4n3C)cc2n1. The second-order valence-electron chi connectivity index (χ2n) is 5.69. The molecule has 4 nitrogen and oxygen atoms in total. The second kappa shape index (κ2) is 5.69. The number of thiazole rings is 1. The number of hydrogen-bond acceptors (Lipinski definition) is 3. The maximum absolute atomic E-state index is 12.6. The first kappa shape index (κ1) is 14.8. The zero-order valence-corrected chi connectivity index (χ0v) is 14.2. The van der Waals surface area contributed by atoms with Crippen LogP contribution in [0.25, 0.3) is 21.1 Å². The van der Waals surface area contributed by atoms with E-state index in [4.69, 9.17) is 0 Å². The Bertz CT molecular complexity index is 1150. The number of nitrogens with zero attached hydrogens (tertiary/aromatic N) is 3. The predicted molar refractivity (Wildman–Crippen MR) is 97.2 cm³/mol. The average Bonchev–Trinajstić information content (AvgIpc) is 2.90. The molecule has 2 aromatic carbocycles. The lowest BCUT2D eigenvalue weighted by atomic mass is 10.1. The number of fused-ring (bicyclic) bond motifs is 2. The van der Waals surface area contributed by atoms with Crippen LogP contribution in [0.5, 0.6) is 0 Å². The first-order valence-corrected chi connectivity index (χ1v) is 8.44. The lowest BCUT2D eigenvalue weighted by Gasteiger charge is -2.01. The zero-order chi connectivity index (χ0) is 16.7. The quantitative estimate of drug-likeness (QED) is 0.531. The molecule has 24 heavy (non-hydrogen) atoms. The Labute approximate surface area is 142 Å². The monoisotopic (exact) mass is 333 g/mol. The van der Waals surface area contributed by atoms with Crippen LogP contribution in [-0.4, -0.2) is 15.5 Å². The molecule has 1 amide bonds. The van der Waals surface area contributed by atoms with Gasteiger partial charge in [0.25, 0.3) is 5.91 Å². The summed E-state index contributed by atoms with van der Waals surface area (Å²) in [6, 6.07) is 17.5. The van der Waals surface area contributed by atoms with E-state index in [0.717, 1.165) is 26.8 Å². The predicted octanol–water partition coefficient (Wildman–Crippen LogP) is 3.84. The highest BCUT2D eigenvalue weighted by Crippen LogP contribution is 2.17. The second-order valence-corrected chi connectivity index (χ2v) is 6.70. The fourth-order valence-corrected chi connectivity index (χ4v) is 3.71. The number of aromatic nitrogens is 2. The zero-order valence-electron chi connectivity index (χ0n) is 13.4. The molecule has 0 unspecified atom stereocenters. The molecule has 0 saturated carbocycles. The summed E-state index contributed by atoms with van der Waals surface area (Å²) in [7, 11) is 1.93. The van der Waals surface area contributed by atoms with E-state index < -0.39 is 0 Å². The molecule has 2 aromatic heterocycles. The van der Waals surface area contributed by atoms with Crippen molar-refractivity contribution in [1.29, 1.82) is 0 Å². The average molecular weight is 333 g/mol. The maximum atomic E-state index is 12.6. The van der Waals surface area contributed by atoms with Crippen LogP contribution >= 0.6 is 11.3 Å². The Morgan fingerprint density at radius 3 is 2.75 bits per heavy atom. The van der Waals surface area contributed by atoms with Gasteiger partial charge < -0.3 is 4.57 Å². The maximum Gasteiger partial charge on any atom is 0.279 e. The lowest BCUT2D eigenvalue weighted by molar-refractivity contribution is 0.0998. The molecular weight excluding hydrogens is 318 g/mol. The molecule has 0 bridgehead atoms. The van der Waals surface area contributed by atoms with E-state index in [9.17, 15) is 4.79 Å². The molecule has 118 valence electrons. The standard InChI is InChI=1S/C19H15N3OS/c1-12-7-8-13-9-10-14(11-15(13)20-12)18(23)21-19-22(2)16-5-3-4-6-17(16)24-19/h3-11H,1-2H3. The molecule has 0 saturated heterocycles. The van der Waals surface area contributed by atoms with Gasteiger partial charge in [0, 0.05) is 23.7 Å². The van der Waals surface area contributed by atoms with E-state index in [1.165, 1.54) is 11.3 Å². The molecule has 0 spiro atoms. The van der Waals surface area contributed by atoms with Gasteiger partial charge >= 0.3 is 0 Å². The summed E-state index contributed by atoms with van der Waals surface area (Å²) in [5.74, 6) is -0.248. The molecule has 4 rings (SSSR count). The van der Waals surface area contributed by atoms with Gasteiger partial charge in [0.15, 0.2) is 4.80 Å². The highest BCUT2D eigenvalue weighted by molar-refractivity contribution is 7.16. The highest BCUT2D eigenvalue weighted by atomic mass is 32.1. The largest absolute Gasteiger partial charge is 0.319 e. The van der Waals surface area contributed by atoms with Gasteiger partial charge in [0.05, 0.1) is 15.7 Å². The molecule has 0 fully saturated rings. The molecular formula is C19H15N3OS. The van der Waals surface area contributed by atoms with Gasteiger partial charge in [-0.3, -0.25) is 9.78 Å². The van der Waals surface area contributed by atoms with Crippen LogP contribution in [0.4, 0.5) is 0 Å². The van der Waals surface area contributed by atoms with Crippen molar-refractivity contribution in [1.82, 2.24) is 9.55 Å². The number of benzene rings is 2. The van der Waals surface area contributed by atoms with Crippen LogP contribution in [0.1, 0.15) is 16.1 Å². The van der Waals surface area contributed by atoms with E-state index in [1.807, 2.05) is 67.1 Å². The van der Waals surface area contributed by atoms with Gasteiger partial charge in [-0.25, -0.2) is 0 Å². The van der Waals surface area contributed by atoms with Crippen LogP contribution in [-0.2, 0) is 7.05 Å². The molecule has 0 aliphatic heterocycles. The van der Waals surface area contributed by atoms with Crippen molar-refractivity contribution in [3.63, 3.8) is 0 Å². The summed E-state index contributed by atoms with van der Waals surface area (Å²) < 4.78 is 3.06. The Morgan fingerprint density at radius 1 is 1.12 bits per heavy atom. The Balaban J connectivity index is 1.81. The van der Waals surface area contributed by atoms with Crippen LogP contribution in [0.3, 0.4) is 0 Å². The number of rotatable bonds is 1. The molecule has 2 heterocycles. The van der Waals surface area contributed by atoms with Crippen molar-refractivity contribution < 1.29 is 4.79 Å². The Hall–Kier alpha value is -2.79. The minimum Gasteiger partial charge on any atom is -0.319 e. The number of aryl methyl sites for hydroxylation is 2. The normalized spacial score (nSPS) is 12.2. The molecule has 5 heteroatoms. The van der Waals surface area contributed by atoms with Gasteiger partial charge in [-0.2, -0.15) is 4.99 Å². The summed E-state index contributed by atoms with van der Waals surface area (Å²) in [5, 5.41) is 1.02. The molecule has 0 N–H and O–H groups in total. The molecule has 0 radical (unpaired) electrons. The van der Waals surface area contributed by atoms with Crippen molar-refractivity contribution in [3.05, 3.63) is 70.7 Å². The number of carbonyl (C=O) groups is 1. The fraction of sp³-hybridized carbons (Fsp3) is 0.105.